The maximum atomic E-state index is 12.5. The van der Waals surface area contributed by atoms with E-state index in [4.69, 9.17) is 31.2 Å². The van der Waals surface area contributed by atoms with Crippen LogP contribution in [0.4, 0.5) is 0 Å². The van der Waals surface area contributed by atoms with Crippen LogP contribution in [0, 0.1) is 0 Å². The van der Waals surface area contributed by atoms with Crippen molar-refractivity contribution in [2.45, 2.75) is 0 Å². The molecule has 1 aromatic rings. The number of benzene rings is 1. The lowest BCUT2D eigenvalue weighted by Crippen LogP contribution is -2.31. The molecule has 24 heavy (non-hydrogen) atoms. The van der Waals surface area contributed by atoms with Crippen LogP contribution in [0.1, 0.15) is 5.56 Å². The van der Waals surface area contributed by atoms with Gasteiger partial charge in [-0.05, 0) is 12.1 Å². The van der Waals surface area contributed by atoms with Gasteiger partial charge in [0, 0.05) is 18.7 Å². The summed E-state index contributed by atoms with van der Waals surface area (Å²) in [6.07, 6.45) is 1.74. The van der Waals surface area contributed by atoms with Crippen molar-refractivity contribution >= 4 is 40.3 Å². The molecule has 130 valence electrons. The van der Waals surface area contributed by atoms with E-state index in [-0.39, 0.29) is 5.91 Å². The first kappa shape index (κ1) is 18.6. The van der Waals surface area contributed by atoms with Gasteiger partial charge < -0.3 is 18.9 Å². The van der Waals surface area contributed by atoms with Crippen molar-refractivity contribution in [2.75, 3.05) is 41.6 Å². The number of rotatable bonds is 7. The number of methoxy groups -OCH3 is 4. The lowest BCUT2D eigenvalue weighted by atomic mass is 10.1. The van der Waals surface area contributed by atoms with Gasteiger partial charge in [0.1, 0.15) is 10.1 Å². The van der Waals surface area contributed by atoms with Gasteiger partial charge in [0.15, 0.2) is 11.5 Å². The Hall–Kier alpha value is -1.77. The minimum absolute atomic E-state index is 0.140. The molecule has 1 aromatic carbocycles. The van der Waals surface area contributed by atoms with E-state index >= 15 is 0 Å². The predicted octanol–water partition coefficient (Wildman–Crippen LogP) is 2.56. The second-order valence-corrected chi connectivity index (χ2v) is 6.45. The van der Waals surface area contributed by atoms with Crippen LogP contribution >= 0.6 is 24.0 Å². The molecule has 0 unspecified atom stereocenters. The molecule has 1 saturated heterocycles. The number of ether oxygens (including phenoxy) is 4. The highest BCUT2D eigenvalue weighted by Crippen LogP contribution is 2.38. The predicted molar refractivity (Wildman–Crippen MR) is 97.9 cm³/mol. The Morgan fingerprint density at radius 2 is 1.71 bits per heavy atom. The van der Waals surface area contributed by atoms with Gasteiger partial charge >= 0.3 is 0 Å². The Kier molecular flexibility index (Phi) is 6.47. The van der Waals surface area contributed by atoms with Crippen LogP contribution in [0.5, 0.6) is 17.2 Å². The standard InChI is InChI=1S/C16H19NO5S2/c1-19-6-5-17-15(18)14(24-16(17)23)8-10-7-12(21-3)13(22-4)9-11(10)20-2/h7-9H,5-6H2,1-4H3/b14-8-. The van der Waals surface area contributed by atoms with E-state index < -0.39 is 0 Å². The highest BCUT2D eigenvalue weighted by molar-refractivity contribution is 8.26. The first-order valence-corrected chi connectivity index (χ1v) is 8.32. The van der Waals surface area contributed by atoms with Gasteiger partial charge in [-0.15, -0.1) is 0 Å². The van der Waals surface area contributed by atoms with Crippen LogP contribution < -0.4 is 14.2 Å². The summed E-state index contributed by atoms with van der Waals surface area (Å²) in [4.78, 5) is 14.6. The largest absolute Gasteiger partial charge is 0.496 e. The zero-order valence-corrected chi connectivity index (χ0v) is 15.6. The number of hydrogen-bond donors (Lipinski definition) is 0. The molecule has 0 aromatic heterocycles. The maximum Gasteiger partial charge on any atom is 0.266 e. The molecule has 0 spiro atoms. The summed E-state index contributed by atoms with van der Waals surface area (Å²) in [7, 11) is 6.25. The number of hydrogen-bond acceptors (Lipinski definition) is 7. The summed E-state index contributed by atoms with van der Waals surface area (Å²) >= 11 is 6.52. The fourth-order valence-electron chi connectivity index (χ4n) is 2.18. The average molecular weight is 369 g/mol. The highest BCUT2D eigenvalue weighted by atomic mass is 32.2. The Labute approximate surface area is 150 Å². The summed E-state index contributed by atoms with van der Waals surface area (Å²) in [5, 5.41) is 0. The van der Waals surface area contributed by atoms with E-state index in [2.05, 4.69) is 0 Å². The molecule has 1 aliphatic rings. The minimum Gasteiger partial charge on any atom is -0.496 e. The van der Waals surface area contributed by atoms with Crippen LogP contribution in [0.3, 0.4) is 0 Å². The van der Waals surface area contributed by atoms with Crippen LogP contribution in [0.15, 0.2) is 17.0 Å². The van der Waals surface area contributed by atoms with Crippen LogP contribution in [-0.4, -0.2) is 56.7 Å². The number of thioether (sulfide) groups is 1. The van der Waals surface area contributed by atoms with E-state index in [1.54, 1.807) is 46.6 Å². The van der Waals surface area contributed by atoms with E-state index in [1.807, 2.05) is 0 Å². The molecule has 8 heteroatoms. The Morgan fingerprint density at radius 1 is 1.08 bits per heavy atom. The van der Waals surface area contributed by atoms with Crippen molar-refractivity contribution in [3.8, 4) is 17.2 Å². The van der Waals surface area contributed by atoms with E-state index in [1.165, 1.54) is 16.7 Å². The smallest absolute Gasteiger partial charge is 0.266 e. The SMILES string of the molecule is COCCN1C(=O)/C(=C/c2cc(OC)c(OC)cc2OC)SC1=S. The summed E-state index contributed by atoms with van der Waals surface area (Å²) in [5.41, 5.74) is 0.711. The second-order valence-electron chi connectivity index (χ2n) is 4.78. The molecule has 0 atom stereocenters. The molecule has 0 bridgehead atoms. The van der Waals surface area contributed by atoms with Crippen LogP contribution in [0.25, 0.3) is 6.08 Å². The summed E-state index contributed by atoms with van der Waals surface area (Å²) < 4.78 is 21.5. The topological polar surface area (TPSA) is 57.2 Å². The summed E-state index contributed by atoms with van der Waals surface area (Å²) in [6, 6.07) is 3.48. The average Bonchev–Trinajstić information content (AvgIpc) is 2.86. The van der Waals surface area contributed by atoms with Crippen molar-refractivity contribution in [2.24, 2.45) is 0 Å². The zero-order chi connectivity index (χ0) is 17.7. The summed E-state index contributed by atoms with van der Waals surface area (Å²) in [6.45, 7) is 0.862. The lowest BCUT2D eigenvalue weighted by molar-refractivity contribution is -0.122. The van der Waals surface area contributed by atoms with Gasteiger partial charge in [-0.3, -0.25) is 9.69 Å². The van der Waals surface area contributed by atoms with Crippen molar-refractivity contribution < 1.29 is 23.7 Å². The molecule has 0 N–H and O–H groups in total. The van der Waals surface area contributed by atoms with Crippen molar-refractivity contribution in [3.05, 3.63) is 22.6 Å². The monoisotopic (exact) mass is 369 g/mol. The molecule has 6 nitrogen and oxygen atoms in total. The molecular formula is C16H19NO5S2. The summed E-state index contributed by atoms with van der Waals surface area (Å²) in [5.74, 6) is 1.55. The van der Waals surface area contributed by atoms with Crippen molar-refractivity contribution in [3.63, 3.8) is 0 Å². The molecule has 1 amide bonds. The lowest BCUT2D eigenvalue weighted by Gasteiger charge is -2.13. The van der Waals surface area contributed by atoms with Gasteiger partial charge in [-0.1, -0.05) is 24.0 Å². The maximum absolute atomic E-state index is 12.5. The fourth-order valence-corrected chi connectivity index (χ4v) is 3.48. The van der Waals surface area contributed by atoms with Crippen molar-refractivity contribution in [1.82, 2.24) is 4.90 Å². The molecule has 0 radical (unpaired) electrons. The number of amides is 1. The molecule has 2 rings (SSSR count). The molecular weight excluding hydrogens is 350 g/mol. The van der Waals surface area contributed by atoms with Gasteiger partial charge in [0.05, 0.1) is 39.4 Å². The minimum atomic E-state index is -0.140. The van der Waals surface area contributed by atoms with Gasteiger partial charge in [0.2, 0.25) is 0 Å². The van der Waals surface area contributed by atoms with E-state index in [0.29, 0.717) is 45.2 Å². The van der Waals surface area contributed by atoms with Gasteiger partial charge in [-0.2, -0.15) is 0 Å². The number of carbonyl (C=O) groups excluding carboxylic acids is 1. The third-order valence-electron chi connectivity index (χ3n) is 3.42. The molecule has 1 aliphatic heterocycles. The zero-order valence-electron chi connectivity index (χ0n) is 14.0. The third-order valence-corrected chi connectivity index (χ3v) is 4.79. The molecule has 0 aliphatic carbocycles. The normalized spacial score (nSPS) is 16.0. The fraction of sp³-hybridized carbons (Fsp3) is 0.375. The quantitative estimate of drug-likeness (QED) is 0.541. The molecule has 1 heterocycles. The number of thiocarbonyl (C=S) groups is 1. The van der Waals surface area contributed by atoms with Gasteiger partial charge in [-0.25, -0.2) is 0 Å². The number of nitrogens with zero attached hydrogens (tertiary/aromatic N) is 1. The Morgan fingerprint density at radius 3 is 2.29 bits per heavy atom. The van der Waals surface area contributed by atoms with E-state index in [9.17, 15) is 4.79 Å². The van der Waals surface area contributed by atoms with Crippen LogP contribution in [-0.2, 0) is 9.53 Å². The van der Waals surface area contributed by atoms with Crippen molar-refractivity contribution in [1.29, 1.82) is 0 Å². The van der Waals surface area contributed by atoms with Gasteiger partial charge in [0.25, 0.3) is 5.91 Å². The molecule has 1 fully saturated rings. The Bertz CT molecular complexity index is 675. The number of carbonyl (C=O) groups is 1. The van der Waals surface area contributed by atoms with Crippen LogP contribution in [0.2, 0.25) is 0 Å². The Balaban J connectivity index is 2.37. The highest BCUT2D eigenvalue weighted by Gasteiger charge is 2.32. The first-order chi connectivity index (χ1) is 11.5. The first-order valence-electron chi connectivity index (χ1n) is 7.10. The van der Waals surface area contributed by atoms with E-state index in [0.717, 1.165) is 0 Å². The third kappa shape index (κ3) is 3.82. The second kappa shape index (κ2) is 8.36. The molecule has 0 saturated carbocycles.